The van der Waals surface area contributed by atoms with Crippen molar-refractivity contribution < 1.29 is 14.0 Å². The number of aromatic nitrogens is 2. The molecule has 0 unspecified atom stereocenters. The Kier molecular flexibility index (Phi) is 4.70. The van der Waals surface area contributed by atoms with Gasteiger partial charge in [-0.3, -0.25) is 0 Å². The molecule has 1 aromatic heterocycles. The van der Waals surface area contributed by atoms with Crippen molar-refractivity contribution in [3.8, 4) is 0 Å². The maximum Gasteiger partial charge on any atom is 0.364 e. The first-order chi connectivity index (χ1) is 9.23. The third kappa shape index (κ3) is 3.22. The van der Waals surface area contributed by atoms with Gasteiger partial charge in [-0.25, -0.2) is 4.98 Å². The summed E-state index contributed by atoms with van der Waals surface area (Å²) in [6.07, 6.45) is 1.70. The molecule has 0 aliphatic heterocycles. The summed E-state index contributed by atoms with van der Waals surface area (Å²) in [5.74, 6) is 0.967. The van der Waals surface area contributed by atoms with Gasteiger partial charge in [0.1, 0.15) is 5.82 Å². The molecular weight excluding hydrogens is 260 g/mol. The molecule has 0 atom stereocenters. The molecule has 6 heteroatoms. The van der Waals surface area contributed by atoms with E-state index in [-0.39, 0.29) is 6.23 Å². The summed E-state index contributed by atoms with van der Waals surface area (Å²) in [5.41, 5.74) is 2.04. The number of imidazole rings is 1. The van der Waals surface area contributed by atoms with Crippen LogP contribution in [0.15, 0.2) is 24.3 Å². The number of aromatic amines is 1. The molecule has 0 radical (unpaired) electrons. The van der Waals surface area contributed by atoms with E-state index >= 15 is 0 Å². The third-order valence-electron chi connectivity index (χ3n) is 3.39. The largest absolute Gasteiger partial charge is 0.396 e. The highest BCUT2D eigenvalue weighted by Crippen LogP contribution is 2.17. The number of rotatable bonds is 7. The molecule has 104 valence electrons. The van der Waals surface area contributed by atoms with Gasteiger partial charge in [-0.05, 0) is 24.6 Å². The van der Waals surface area contributed by atoms with Crippen molar-refractivity contribution in [3.05, 3.63) is 30.1 Å². The molecule has 2 aromatic rings. The SMILES string of the molecule is CO[Si](CO)(CCCc1nc2ccccc2[nH]1)OC. The van der Waals surface area contributed by atoms with Gasteiger partial charge in [-0.2, -0.15) is 0 Å². The molecule has 1 aromatic carbocycles. The number of hydrogen-bond donors (Lipinski definition) is 2. The Hall–Kier alpha value is -1.21. The fraction of sp³-hybridized carbons (Fsp3) is 0.462. The minimum absolute atomic E-state index is 0.0138. The predicted molar refractivity (Wildman–Crippen MR) is 76.1 cm³/mol. The molecule has 2 rings (SSSR count). The van der Waals surface area contributed by atoms with E-state index in [0.29, 0.717) is 0 Å². The van der Waals surface area contributed by atoms with Gasteiger partial charge in [0, 0.05) is 20.6 Å². The number of aryl methyl sites for hydroxylation is 1. The Balaban J connectivity index is 1.95. The molecule has 1 heterocycles. The van der Waals surface area contributed by atoms with Gasteiger partial charge in [0.2, 0.25) is 0 Å². The number of para-hydroxylation sites is 2. The van der Waals surface area contributed by atoms with E-state index in [9.17, 15) is 5.11 Å². The highest BCUT2D eigenvalue weighted by molar-refractivity contribution is 6.67. The Morgan fingerprint density at radius 3 is 2.63 bits per heavy atom. The zero-order chi connectivity index (χ0) is 13.7. The molecule has 0 bridgehead atoms. The predicted octanol–water partition coefficient (Wildman–Crippen LogP) is 1.76. The van der Waals surface area contributed by atoms with Crippen LogP contribution >= 0.6 is 0 Å². The molecule has 0 aliphatic rings. The average molecular weight is 280 g/mol. The fourth-order valence-electron chi connectivity index (χ4n) is 2.14. The van der Waals surface area contributed by atoms with E-state index in [1.54, 1.807) is 14.2 Å². The van der Waals surface area contributed by atoms with Gasteiger partial charge in [0.05, 0.1) is 17.3 Å². The highest BCUT2D eigenvalue weighted by Gasteiger charge is 2.34. The minimum Gasteiger partial charge on any atom is -0.396 e. The number of H-pyrrole nitrogens is 1. The van der Waals surface area contributed by atoms with Crippen molar-refractivity contribution >= 4 is 19.6 Å². The average Bonchev–Trinajstić information content (AvgIpc) is 2.87. The lowest BCUT2D eigenvalue weighted by Crippen LogP contribution is -2.44. The standard InChI is InChI=1S/C13H20N2O3Si/c1-17-19(10-16,18-2)9-5-8-13-14-11-6-3-4-7-12(11)15-13/h3-4,6-7,16H,5,8-10H2,1-2H3,(H,14,15). The monoisotopic (exact) mass is 280 g/mol. The normalized spacial score (nSPS) is 12.2. The maximum atomic E-state index is 9.38. The number of aliphatic hydroxyl groups is 1. The first-order valence-electron chi connectivity index (χ1n) is 6.38. The van der Waals surface area contributed by atoms with Crippen molar-refractivity contribution in [2.45, 2.75) is 18.9 Å². The summed E-state index contributed by atoms with van der Waals surface area (Å²) < 4.78 is 10.7. The first kappa shape index (κ1) is 14.2. The Morgan fingerprint density at radius 2 is 2.00 bits per heavy atom. The number of fused-ring (bicyclic) bond motifs is 1. The van der Waals surface area contributed by atoms with Crippen LogP contribution in [0.2, 0.25) is 6.04 Å². The molecule has 0 spiro atoms. The van der Waals surface area contributed by atoms with Gasteiger partial charge in [0.25, 0.3) is 0 Å². The number of hydrogen-bond acceptors (Lipinski definition) is 4. The Labute approximate surface area is 113 Å². The van der Waals surface area contributed by atoms with Gasteiger partial charge in [-0.1, -0.05) is 12.1 Å². The van der Waals surface area contributed by atoms with Crippen LogP contribution in [0.3, 0.4) is 0 Å². The molecule has 0 amide bonds. The number of benzene rings is 1. The second-order valence-electron chi connectivity index (χ2n) is 4.53. The zero-order valence-electron chi connectivity index (χ0n) is 11.3. The summed E-state index contributed by atoms with van der Waals surface area (Å²) in [6.45, 7) is 0. The summed E-state index contributed by atoms with van der Waals surface area (Å²) >= 11 is 0. The van der Waals surface area contributed by atoms with E-state index in [2.05, 4.69) is 9.97 Å². The zero-order valence-corrected chi connectivity index (χ0v) is 12.3. The van der Waals surface area contributed by atoms with Crippen LogP contribution in [-0.2, 0) is 15.3 Å². The Bertz CT molecular complexity index is 484. The molecular formula is C13H20N2O3Si. The molecule has 19 heavy (non-hydrogen) atoms. The van der Waals surface area contributed by atoms with Crippen LogP contribution in [0, 0.1) is 0 Å². The first-order valence-corrected chi connectivity index (χ1v) is 8.61. The van der Waals surface area contributed by atoms with Crippen molar-refractivity contribution in [1.82, 2.24) is 9.97 Å². The van der Waals surface area contributed by atoms with Crippen molar-refractivity contribution in [1.29, 1.82) is 0 Å². The summed E-state index contributed by atoms with van der Waals surface area (Å²) in [5, 5.41) is 9.38. The number of nitrogens with zero attached hydrogens (tertiary/aromatic N) is 1. The van der Waals surface area contributed by atoms with Crippen LogP contribution in [0.5, 0.6) is 0 Å². The highest BCUT2D eigenvalue weighted by atomic mass is 28.4. The number of nitrogens with one attached hydrogen (secondary N) is 1. The molecule has 0 aliphatic carbocycles. The minimum atomic E-state index is -2.40. The van der Waals surface area contributed by atoms with E-state index in [1.807, 2.05) is 24.3 Å². The molecule has 0 saturated heterocycles. The van der Waals surface area contributed by atoms with E-state index in [1.165, 1.54) is 0 Å². The smallest absolute Gasteiger partial charge is 0.364 e. The van der Waals surface area contributed by atoms with Crippen LogP contribution in [0.4, 0.5) is 0 Å². The second-order valence-corrected chi connectivity index (χ2v) is 7.99. The summed E-state index contributed by atoms with van der Waals surface area (Å²) in [7, 11) is 0.812. The number of aliphatic hydroxyl groups excluding tert-OH is 1. The lowest BCUT2D eigenvalue weighted by Gasteiger charge is -2.24. The van der Waals surface area contributed by atoms with Crippen LogP contribution < -0.4 is 0 Å². The fourth-order valence-corrected chi connectivity index (χ4v) is 3.85. The lowest BCUT2D eigenvalue weighted by atomic mass is 10.3. The van der Waals surface area contributed by atoms with E-state index < -0.39 is 8.56 Å². The van der Waals surface area contributed by atoms with Crippen molar-refractivity contribution in [2.24, 2.45) is 0 Å². The molecule has 0 fully saturated rings. The Morgan fingerprint density at radius 1 is 1.26 bits per heavy atom. The van der Waals surface area contributed by atoms with E-state index in [0.717, 1.165) is 35.7 Å². The molecule has 5 nitrogen and oxygen atoms in total. The van der Waals surface area contributed by atoms with Gasteiger partial charge in [0.15, 0.2) is 0 Å². The van der Waals surface area contributed by atoms with Crippen LogP contribution in [0.25, 0.3) is 11.0 Å². The summed E-state index contributed by atoms with van der Waals surface area (Å²) in [6, 6.07) is 8.74. The van der Waals surface area contributed by atoms with Crippen molar-refractivity contribution in [3.63, 3.8) is 0 Å². The van der Waals surface area contributed by atoms with Gasteiger partial charge >= 0.3 is 8.56 Å². The van der Waals surface area contributed by atoms with Gasteiger partial charge < -0.3 is 18.9 Å². The molecule has 2 N–H and O–H groups in total. The van der Waals surface area contributed by atoms with E-state index in [4.69, 9.17) is 8.85 Å². The maximum absolute atomic E-state index is 9.38. The second kappa shape index (κ2) is 6.29. The van der Waals surface area contributed by atoms with Gasteiger partial charge in [-0.15, -0.1) is 0 Å². The summed E-state index contributed by atoms with van der Waals surface area (Å²) in [4.78, 5) is 7.82. The quantitative estimate of drug-likeness (QED) is 0.758. The van der Waals surface area contributed by atoms with Crippen molar-refractivity contribution in [2.75, 3.05) is 20.4 Å². The topological polar surface area (TPSA) is 67.4 Å². The molecule has 0 saturated carbocycles. The van der Waals surface area contributed by atoms with Crippen LogP contribution in [0.1, 0.15) is 12.2 Å². The van der Waals surface area contributed by atoms with Crippen LogP contribution in [-0.4, -0.2) is 44.1 Å². The lowest BCUT2D eigenvalue weighted by molar-refractivity contribution is 0.196. The third-order valence-corrected chi connectivity index (χ3v) is 6.48.